The zero-order valence-electron chi connectivity index (χ0n) is 8.91. The van der Waals surface area contributed by atoms with Crippen LogP contribution in [0.25, 0.3) is 6.08 Å². The second kappa shape index (κ2) is 4.18. The van der Waals surface area contributed by atoms with E-state index in [9.17, 15) is 9.59 Å². The van der Waals surface area contributed by atoms with Gasteiger partial charge in [-0.25, -0.2) is 0 Å². The molecule has 0 radical (unpaired) electrons. The van der Waals surface area contributed by atoms with Crippen molar-refractivity contribution in [2.75, 3.05) is 6.54 Å². The Balaban J connectivity index is 2.25. The molecule has 1 heterocycles. The highest BCUT2D eigenvalue weighted by Gasteiger charge is 2.18. The average Bonchev–Trinajstić information content (AvgIpc) is 2.27. The van der Waals surface area contributed by atoms with Crippen LogP contribution in [0.2, 0.25) is 0 Å². The van der Waals surface area contributed by atoms with Crippen LogP contribution in [-0.4, -0.2) is 18.4 Å². The van der Waals surface area contributed by atoms with Gasteiger partial charge < -0.3 is 10.6 Å². The summed E-state index contributed by atoms with van der Waals surface area (Å²) in [6, 6.07) is 7.71. The highest BCUT2D eigenvalue weighted by Crippen LogP contribution is 2.08. The zero-order valence-corrected chi connectivity index (χ0v) is 8.91. The van der Waals surface area contributed by atoms with Gasteiger partial charge in [0.1, 0.15) is 5.70 Å². The first kappa shape index (κ1) is 10.4. The van der Waals surface area contributed by atoms with Gasteiger partial charge in [0, 0.05) is 0 Å². The van der Waals surface area contributed by atoms with Crippen LogP contribution in [0.15, 0.2) is 30.0 Å². The lowest BCUT2D eigenvalue weighted by molar-refractivity contribution is -0.127. The molecule has 0 bridgehead atoms. The van der Waals surface area contributed by atoms with Gasteiger partial charge in [0.2, 0.25) is 5.91 Å². The van der Waals surface area contributed by atoms with Crippen molar-refractivity contribution in [3.63, 3.8) is 0 Å². The number of carbonyl (C=O) groups excluding carboxylic acids is 2. The van der Waals surface area contributed by atoms with Crippen molar-refractivity contribution in [2.24, 2.45) is 0 Å². The van der Waals surface area contributed by atoms with E-state index in [0.29, 0.717) is 5.70 Å². The van der Waals surface area contributed by atoms with Gasteiger partial charge in [0.25, 0.3) is 5.91 Å². The molecule has 0 atom stereocenters. The molecule has 16 heavy (non-hydrogen) atoms. The zero-order chi connectivity index (χ0) is 11.5. The third kappa shape index (κ3) is 2.28. The van der Waals surface area contributed by atoms with Crippen molar-refractivity contribution in [3.05, 3.63) is 41.1 Å². The SMILES string of the molecule is Cc1ccc(C=C2NC(=O)CNC2=O)cc1. The standard InChI is InChI=1S/C12H12N2O2/c1-8-2-4-9(5-3-8)6-10-12(16)13-7-11(15)14-10/h2-6H,7H2,1H3,(H,13,16)(H,14,15). The second-order valence-corrected chi connectivity index (χ2v) is 3.70. The minimum absolute atomic E-state index is 0.0457. The third-order valence-electron chi connectivity index (χ3n) is 2.32. The van der Waals surface area contributed by atoms with E-state index >= 15 is 0 Å². The topological polar surface area (TPSA) is 58.2 Å². The predicted octanol–water partition coefficient (Wildman–Crippen LogP) is 0.582. The molecule has 2 N–H and O–H groups in total. The summed E-state index contributed by atoms with van der Waals surface area (Å²) in [4.78, 5) is 22.5. The number of carbonyl (C=O) groups is 2. The molecule has 4 heteroatoms. The van der Waals surface area contributed by atoms with E-state index in [2.05, 4.69) is 10.6 Å². The minimum Gasteiger partial charge on any atom is -0.342 e. The number of rotatable bonds is 1. The van der Waals surface area contributed by atoms with E-state index in [0.717, 1.165) is 11.1 Å². The Labute approximate surface area is 93.3 Å². The lowest BCUT2D eigenvalue weighted by Crippen LogP contribution is -2.46. The summed E-state index contributed by atoms with van der Waals surface area (Å²) >= 11 is 0. The molecule has 0 spiro atoms. The monoisotopic (exact) mass is 216 g/mol. The van der Waals surface area contributed by atoms with Gasteiger partial charge in [-0.15, -0.1) is 0 Å². The fourth-order valence-electron chi connectivity index (χ4n) is 1.44. The van der Waals surface area contributed by atoms with Crippen molar-refractivity contribution in [1.82, 2.24) is 10.6 Å². The Bertz CT molecular complexity index is 460. The lowest BCUT2D eigenvalue weighted by atomic mass is 10.1. The Morgan fingerprint density at radius 2 is 1.88 bits per heavy atom. The largest absolute Gasteiger partial charge is 0.342 e. The maximum atomic E-state index is 11.4. The summed E-state index contributed by atoms with van der Waals surface area (Å²) in [5, 5.41) is 5.03. The number of hydrogen-bond acceptors (Lipinski definition) is 2. The highest BCUT2D eigenvalue weighted by atomic mass is 16.2. The summed E-state index contributed by atoms with van der Waals surface area (Å²) in [6.45, 7) is 2.04. The fourth-order valence-corrected chi connectivity index (χ4v) is 1.44. The Morgan fingerprint density at radius 1 is 1.19 bits per heavy atom. The van der Waals surface area contributed by atoms with Crippen molar-refractivity contribution >= 4 is 17.9 Å². The molecule has 1 saturated heterocycles. The molecule has 4 nitrogen and oxygen atoms in total. The Kier molecular flexibility index (Phi) is 2.72. The van der Waals surface area contributed by atoms with Gasteiger partial charge in [0.05, 0.1) is 6.54 Å². The molecule has 0 saturated carbocycles. The van der Waals surface area contributed by atoms with Crippen LogP contribution in [0.1, 0.15) is 11.1 Å². The van der Waals surface area contributed by atoms with Crippen LogP contribution in [0.5, 0.6) is 0 Å². The first-order valence-corrected chi connectivity index (χ1v) is 5.01. The number of hydrogen-bond donors (Lipinski definition) is 2. The van der Waals surface area contributed by atoms with Crippen LogP contribution in [0.3, 0.4) is 0 Å². The molecular weight excluding hydrogens is 204 g/mol. The van der Waals surface area contributed by atoms with Crippen LogP contribution >= 0.6 is 0 Å². The normalized spacial score (nSPS) is 18.2. The Morgan fingerprint density at radius 3 is 2.56 bits per heavy atom. The number of piperazine rings is 1. The van der Waals surface area contributed by atoms with Gasteiger partial charge in [-0.05, 0) is 18.6 Å². The first-order chi connectivity index (χ1) is 7.65. The van der Waals surface area contributed by atoms with Gasteiger partial charge >= 0.3 is 0 Å². The molecule has 0 unspecified atom stereocenters. The fraction of sp³-hybridized carbons (Fsp3) is 0.167. The maximum Gasteiger partial charge on any atom is 0.268 e. The van der Waals surface area contributed by atoms with E-state index in [1.165, 1.54) is 0 Å². The minimum atomic E-state index is -0.250. The molecular formula is C12H12N2O2. The van der Waals surface area contributed by atoms with Crippen molar-refractivity contribution in [3.8, 4) is 0 Å². The van der Waals surface area contributed by atoms with E-state index in [1.54, 1.807) is 6.08 Å². The van der Waals surface area contributed by atoms with E-state index in [4.69, 9.17) is 0 Å². The van der Waals surface area contributed by atoms with Gasteiger partial charge in [-0.1, -0.05) is 29.8 Å². The van der Waals surface area contributed by atoms with E-state index in [-0.39, 0.29) is 18.4 Å². The molecule has 0 aliphatic carbocycles. The van der Waals surface area contributed by atoms with Crippen molar-refractivity contribution in [2.45, 2.75) is 6.92 Å². The smallest absolute Gasteiger partial charge is 0.268 e. The summed E-state index contributed by atoms with van der Waals surface area (Å²) in [5.41, 5.74) is 2.33. The van der Waals surface area contributed by atoms with Crippen molar-refractivity contribution in [1.29, 1.82) is 0 Å². The summed E-state index contributed by atoms with van der Waals surface area (Å²) < 4.78 is 0. The molecule has 2 rings (SSSR count). The van der Waals surface area contributed by atoms with Gasteiger partial charge in [-0.2, -0.15) is 0 Å². The molecule has 82 valence electrons. The Hall–Kier alpha value is -2.10. The average molecular weight is 216 g/mol. The first-order valence-electron chi connectivity index (χ1n) is 5.01. The summed E-state index contributed by atoms with van der Waals surface area (Å²) in [6.07, 6.45) is 1.66. The highest BCUT2D eigenvalue weighted by molar-refractivity contribution is 6.05. The van der Waals surface area contributed by atoms with Crippen molar-refractivity contribution < 1.29 is 9.59 Å². The second-order valence-electron chi connectivity index (χ2n) is 3.70. The summed E-state index contributed by atoms with van der Waals surface area (Å²) in [5.74, 6) is -0.446. The van der Waals surface area contributed by atoms with Gasteiger partial charge in [0.15, 0.2) is 0 Å². The number of amides is 2. The van der Waals surface area contributed by atoms with E-state index in [1.807, 2.05) is 31.2 Å². The van der Waals surface area contributed by atoms with Crippen LogP contribution in [0.4, 0.5) is 0 Å². The lowest BCUT2D eigenvalue weighted by Gasteiger charge is -2.15. The predicted molar refractivity (Wildman–Crippen MR) is 60.3 cm³/mol. The molecule has 1 fully saturated rings. The maximum absolute atomic E-state index is 11.4. The molecule has 1 aromatic rings. The quantitative estimate of drug-likeness (QED) is 0.675. The summed E-state index contributed by atoms with van der Waals surface area (Å²) in [7, 11) is 0. The van der Waals surface area contributed by atoms with Crippen LogP contribution in [0, 0.1) is 6.92 Å². The number of aryl methyl sites for hydroxylation is 1. The molecule has 1 aliphatic rings. The van der Waals surface area contributed by atoms with Crippen LogP contribution < -0.4 is 10.6 Å². The molecule has 1 aliphatic heterocycles. The number of benzene rings is 1. The molecule has 0 aromatic heterocycles. The third-order valence-corrected chi connectivity index (χ3v) is 2.32. The molecule has 2 amide bonds. The van der Waals surface area contributed by atoms with E-state index < -0.39 is 0 Å². The van der Waals surface area contributed by atoms with Crippen LogP contribution in [-0.2, 0) is 9.59 Å². The number of nitrogens with one attached hydrogen (secondary N) is 2. The molecule has 1 aromatic carbocycles. The van der Waals surface area contributed by atoms with Gasteiger partial charge in [-0.3, -0.25) is 9.59 Å².